The summed E-state index contributed by atoms with van der Waals surface area (Å²) in [5.74, 6) is 1.32. The van der Waals surface area contributed by atoms with Gasteiger partial charge in [-0.15, -0.1) is 24.0 Å². The van der Waals surface area contributed by atoms with Crippen LogP contribution in [0.25, 0.3) is 0 Å². The summed E-state index contributed by atoms with van der Waals surface area (Å²) in [6, 6.07) is 0.0273. The molecule has 0 radical (unpaired) electrons. The van der Waals surface area contributed by atoms with Crippen molar-refractivity contribution >= 4 is 36.0 Å². The van der Waals surface area contributed by atoms with E-state index in [1.54, 1.807) is 11.6 Å². The molecule has 1 unspecified atom stereocenters. The molecule has 0 spiro atoms. The smallest absolute Gasteiger partial charge is 0.407 e. The predicted octanol–water partition coefficient (Wildman–Crippen LogP) is 1.96. The Morgan fingerprint density at radius 2 is 2.23 bits per heavy atom. The second-order valence-electron chi connectivity index (χ2n) is 6.38. The summed E-state index contributed by atoms with van der Waals surface area (Å²) in [6.07, 6.45) is 5.76. The first-order valence-electron chi connectivity index (χ1n) is 8.93. The quantitative estimate of drug-likeness (QED) is 0.339. The molecule has 8 nitrogen and oxygen atoms in total. The second-order valence-corrected chi connectivity index (χ2v) is 6.38. The van der Waals surface area contributed by atoms with Gasteiger partial charge in [0.15, 0.2) is 5.96 Å². The first kappa shape index (κ1) is 22.5. The van der Waals surface area contributed by atoms with E-state index in [0.29, 0.717) is 19.1 Å². The highest BCUT2D eigenvalue weighted by atomic mass is 127. The molecule has 0 bridgehead atoms. The van der Waals surface area contributed by atoms with Gasteiger partial charge in [-0.25, -0.2) is 4.79 Å². The van der Waals surface area contributed by atoms with Gasteiger partial charge in [0.25, 0.3) is 0 Å². The van der Waals surface area contributed by atoms with Crippen LogP contribution in [0.5, 0.6) is 0 Å². The lowest BCUT2D eigenvalue weighted by molar-refractivity contribution is 0.147. The van der Waals surface area contributed by atoms with Gasteiger partial charge < -0.3 is 20.3 Å². The molecule has 0 saturated heterocycles. The van der Waals surface area contributed by atoms with Gasteiger partial charge in [-0.2, -0.15) is 5.10 Å². The maximum atomic E-state index is 11.7. The molecule has 2 rings (SSSR count). The van der Waals surface area contributed by atoms with E-state index in [-0.39, 0.29) is 36.1 Å². The average Bonchev–Trinajstić information content (AvgIpc) is 3.33. The molecule has 0 aliphatic heterocycles. The van der Waals surface area contributed by atoms with Crippen molar-refractivity contribution in [1.29, 1.82) is 0 Å². The summed E-state index contributed by atoms with van der Waals surface area (Å²) in [7, 11) is 3.91. The molecule has 1 aromatic rings. The Morgan fingerprint density at radius 1 is 1.50 bits per heavy atom. The molecule has 1 aliphatic carbocycles. The molecule has 148 valence electrons. The fraction of sp³-hybridized carbons (Fsp3) is 0.706. The lowest BCUT2D eigenvalue weighted by atomic mass is 10.2. The Morgan fingerprint density at radius 3 is 2.77 bits per heavy atom. The Labute approximate surface area is 172 Å². The number of nitrogens with zero attached hydrogens (tertiary/aromatic N) is 4. The van der Waals surface area contributed by atoms with Crippen LogP contribution in [0, 0.1) is 5.92 Å². The normalized spacial score (nSPS) is 15.0. The van der Waals surface area contributed by atoms with Crippen LogP contribution in [0.4, 0.5) is 4.79 Å². The molecule has 1 aliphatic rings. The number of rotatable bonds is 8. The number of hydrogen-bond acceptors (Lipinski definition) is 4. The van der Waals surface area contributed by atoms with Crippen molar-refractivity contribution in [3.63, 3.8) is 0 Å². The van der Waals surface area contributed by atoms with Crippen molar-refractivity contribution in [2.24, 2.45) is 18.0 Å². The van der Waals surface area contributed by atoms with E-state index in [4.69, 9.17) is 9.73 Å². The minimum Gasteiger partial charge on any atom is -0.450 e. The molecule has 1 atom stereocenters. The van der Waals surface area contributed by atoms with Crippen LogP contribution in [0.3, 0.4) is 0 Å². The molecule has 0 aromatic carbocycles. The largest absolute Gasteiger partial charge is 0.450 e. The number of aryl methyl sites for hydroxylation is 1. The van der Waals surface area contributed by atoms with Crippen molar-refractivity contribution < 1.29 is 9.53 Å². The molecule has 1 aromatic heterocycles. The van der Waals surface area contributed by atoms with Crippen LogP contribution in [0.15, 0.2) is 17.4 Å². The van der Waals surface area contributed by atoms with Crippen LogP contribution in [0.2, 0.25) is 0 Å². The third kappa shape index (κ3) is 7.38. The van der Waals surface area contributed by atoms with E-state index < -0.39 is 0 Å². The number of aromatic nitrogens is 2. The van der Waals surface area contributed by atoms with Crippen LogP contribution < -0.4 is 10.6 Å². The van der Waals surface area contributed by atoms with Crippen LogP contribution >= 0.6 is 24.0 Å². The topological polar surface area (TPSA) is 83.8 Å². The van der Waals surface area contributed by atoms with E-state index in [1.165, 1.54) is 0 Å². The summed E-state index contributed by atoms with van der Waals surface area (Å²) in [5.41, 5.74) is 1.12. The summed E-state index contributed by atoms with van der Waals surface area (Å²) >= 11 is 0. The molecule has 1 amide bonds. The number of amides is 1. The third-order valence-electron chi connectivity index (χ3n) is 4.08. The maximum Gasteiger partial charge on any atom is 0.407 e. The molecule has 1 saturated carbocycles. The van der Waals surface area contributed by atoms with Crippen molar-refractivity contribution in [1.82, 2.24) is 25.3 Å². The SMILES string of the molecule is CCNC(=NCC(NC(=O)OCC)C1CC1)N(C)Cc1cnn(C)c1.I. The van der Waals surface area contributed by atoms with Gasteiger partial charge in [-0.1, -0.05) is 0 Å². The number of carbonyl (C=O) groups excluding carboxylic acids is 1. The van der Waals surface area contributed by atoms with Gasteiger partial charge in [0, 0.05) is 38.9 Å². The Bertz CT molecular complexity index is 588. The number of aliphatic imine (C=N–C) groups is 1. The first-order chi connectivity index (χ1) is 12.0. The molecule has 9 heteroatoms. The highest BCUT2D eigenvalue weighted by Gasteiger charge is 2.32. The molecular weight excluding hydrogens is 447 g/mol. The van der Waals surface area contributed by atoms with Gasteiger partial charge in [0.1, 0.15) is 0 Å². The number of alkyl carbamates (subject to hydrolysis) is 1. The molecule has 26 heavy (non-hydrogen) atoms. The lowest BCUT2D eigenvalue weighted by Crippen LogP contribution is -2.42. The van der Waals surface area contributed by atoms with Crippen LogP contribution in [-0.2, 0) is 18.3 Å². The van der Waals surface area contributed by atoms with Gasteiger partial charge in [-0.05, 0) is 32.6 Å². The molecular formula is C17H31IN6O2. The Kier molecular flexibility index (Phi) is 9.74. The van der Waals surface area contributed by atoms with E-state index >= 15 is 0 Å². The zero-order valence-electron chi connectivity index (χ0n) is 16.1. The second kappa shape index (κ2) is 11.2. The zero-order valence-corrected chi connectivity index (χ0v) is 18.4. The minimum absolute atomic E-state index is 0. The Hall–Kier alpha value is -1.52. The maximum absolute atomic E-state index is 11.7. The van der Waals surface area contributed by atoms with Crippen molar-refractivity contribution in [3.05, 3.63) is 18.0 Å². The van der Waals surface area contributed by atoms with E-state index in [9.17, 15) is 4.79 Å². The summed E-state index contributed by atoms with van der Waals surface area (Å²) < 4.78 is 6.79. The number of nitrogens with one attached hydrogen (secondary N) is 2. The third-order valence-corrected chi connectivity index (χ3v) is 4.08. The first-order valence-corrected chi connectivity index (χ1v) is 8.93. The number of halogens is 1. The molecule has 1 heterocycles. The lowest BCUT2D eigenvalue weighted by Gasteiger charge is -2.23. The predicted molar refractivity (Wildman–Crippen MR) is 113 cm³/mol. The summed E-state index contributed by atoms with van der Waals surface area (Å²) in [5, 5.41) is 10.4. The fourth-order valence-corrected chi connectivity index (χ4v) is 2.69. The van der Waals surface area contributed by atoms with E-state index in [2.05, 4.69) is 20.6 Å². The number of guanidine groups is 1. The fourth-order valence-electron chi connectivity index (χ4n) is 2.69. The van der Waals surface area contributed by atoms with Crippen LogP contribution in [0.1, 0.15) is 32.3 Å². The zero-order chi connectivity index (χ0) is 18.2. The van der Waals surface area contributed by atoms with Crippen molar-refractivity contribution in [3.8, 4) is 0 Å². The standard InChI is InChI=1S/C17H30N6O2.HI/c1-5-18-16(22(3)11-13-9-20-23(4)12-13)19-10-15(14-7-8-14)21-17(24)25-6-2;/h9,12,14-15H,5-8,10-11H2,1-4H3,(H,18,19)(H,21,24);1H. The molecule has 2 N–H and O–H groups in total. The highest BCUT2D eigenvalue weighted by Crippen LogP contribution is 2.32. The Balaban J connectivity index is 0.00000338. The summed E-state index contributed by atoms with van der Waals surface area (Å²) in [6.45, 7) is 6.28. The molecule has 1 fully saturated rings. The number of carbonyl (C=O) groups is 1. The highest BCUT2D eigenvalue weighted by molar-refractivity contribution is 14.0. The van der Waals surface area contributed by atoms with E-state index in [0.717, 1.165) is 37.5 Å². The van der Waals surface area contributed by atoms with Gasteiger partial charge in [0.2, 0.25) is 0 Å². The van der Waals surface area contributed by atoms with Gasteiger partial charge in [-0.3, -0.25) is 9.67 Å². The average molecular weight is 478 g/mol. The monoisotopic (exact) mass is 478 g/mol. The van der Waals surface area contributed by atoms with Crippen molar-refractivity contribution in [2.45, 2.75) is 39.3 Å². The van der Waals surface area contributed by atoms with Crippen molar-refractivity contribution in [2.75, 3.05) is 26.7 Å². The minimum atomic E-state index is -0.358. The van der Waals surface area contributed by atoms with Gasteiger partial charge >= 0.3 is 6.09 Å². The van der Waals surface area contributed by atoms with E-state index in [1.807, 2.05) is 33.4 Å². The summed E-state index contributed by atoms with van der Waals surface area (Å²) in [4.78, 5) is 18.5. The van der Waals surface area contributed by atoms with Crippen LogP contribution in [-0.4, -0.2) is 59.5 Å². The number of ether oxygens (including phenoxy) is 1. The van der Waals surface area contributed by atoms with Gasteiger partial charge in [0.05, 0.1) is 25.4 Å². The number of hydrogen-bond donors (Lipinski definition) is 2.